The lowest BCUT2D eigenvalue weighted by Crippen LogP contribution is -2.36. The van der Waals surface area contributed by atoms with Crippen molar-refractivity contribution in [1.82, 2.24) is 14.5 Å². The van der Waals surface area contributed by atoms with Gasteiger partial charge in [0.05, 0.1) is 13.2 Å². The molecule has 8 heteroatoms. The number of aliphatic hydroxyl groups excluding tert-OH is 1. The van der Waals surface area contributed by atoms with Crippen molar-refractivity contribution in [3.05, 3.63) is 48.0 Å². The average molecular weight is 313 g/mol. The summed E-state index contributed by atoms with van der Waals surface area (Å²) in [7, 11) is -3.97. The fourth-order valence-corrected chi connectivity index (χ4v) is 3.21. The summed E-state index contributed by atoms with van der Waals surface area (Å²) < 4.78 is 42.1. The predicted molar refractivity (Wildman–Crippen MR) is 74.3 cm³/mol. The summed E-state index contributed by atoms with van der Waals surface area (Å²) in [5.74, 6) is -0.889. The molecule has 0 aliphatic rings. The summed E-state index contributed by atoms with van der Waals surface area (Å²) in [6.07, 6.45) is 3.30. The minimum absolute atomic E-state index is 0.316. The molecule has 2 N–H and O–H groups in total. The van der Waals surface area contributed by atoms with Crippen LogP contribution in [0.2, 0.25) is 0 Å². The van der Waals surface area contributed by atoms with E-state index in [9.17, 15) is 12.8 Å². The first-order chi connectivity index (χ1) is 9.92. The van der Waals surface area contributed by atoms with Gasteiger partial charge in [-0.1, -0.05) is 6.07 Å². The number of sulfonamides is 1. The van der Waals surface area contributed by atoms with Gasteiger partial charge in [-0.25, -0.2) is 17.5 Å². The Morgan fingerprint density at radius 1 is 1.48 bits per heavy atom. The number of rotatable bonds is 6. The molecule has 1 atom stereocenters. The molecule has 0 spiro atoms. The van der Waals surface area contributed by atoms with Crippen LogP contribution in [0.25, 0.3) is 0 Å². The summed E-state index contributed by atoms with van der Waals surface area (Å²) in [6.45, 7) is 1.65. The van der Waals surface area contributed by atoms with Crippen LogP contribution in [0.5, 0.6) is 0 Å². The van der Waals surface area contributed by atoms with Crippen molar-refractivity contribution in [3.63, 3.8) is 0 Å². The van der Waals surface area contributed by atoms with Crippen molar-refractivity contribution in [1.29, 1.82) is 0 Å². The third-order valence-electron chi connectivity index (χ3n) is 2.84. The normalized spacial score (nSPS) is 13.3. The third-order valence-corrected chi connectivity index (χ3v) is 4.47. The molecule has 0 amide bonds. The molecule has 0 bridgehead atoms. The van der Waals surface area contributed by atoms with Gasteiger partial charge in [0.25, 0.3) is 0 Å². The molecule has 0 fully saturated rings. The molecular formula is C13H16FN3O3S. The van der Waals surface area contributed by atoms with Crippen LogP contribution in [0.15, 0.2) is 41.6 Å². The van der Waals surface area contributed by atoms with E-state index in [4.69, 9.17) is 5.11 Å². The minimum atomic E-state index is -3.97. The van der Waals surface area contributed by atoms with Gasteiger partial charge < -0.3 is 5.11 Å². The molecule has 2 aromatic rings. The summed E-state index contributed by atoms with van der Waals surface area (Å²) in [4.78, 5) is -0.438. The molecule has 6 nitrogen and oxygen atoms in total. The van der Waals surface area contributed by atoms with E-state index < -0.39 is 26.8 Å². The highest BCUT2D eigenvalue weighted by molar-refractivity contribution is 7.89. The fraction of sp³-hybridized carbons (Fsp3) is 0.308. The molecule has 0 saturated carbocycles. The van der Waals surface area contributed by atoms with Crippen LogP contribution in [0, 0.1) is 5.82 Å². The molecule has 0 saturated heterocycles. The number of benzene rings is 1. The highest BCUT2D eigenvalue weighted by Gasteiger charge is 2.21. The monoisotopic (exact) mass is 313 g/mol. The zero-order chi connectivity index (χ0) is 15.5. The number of nitrogens with one attached hydrogen (secondary N) is 1. The number of hydrogen-bond donors (Lipinski definition) is 2. The molecular weight excluding hydrogens is 297 g/mol. The number of aromatic nitrogens is 2. The molecule has 0 radical (unpaired) electrons. The SMILES string of the molecule is CC(Cn1cccn1)NS(=O)(=O)c1ccc(CO)cc1F. The van der Waals surface area contributed by atoms with Crippen LogP contribution in [-0.4, -0.2) is 29.3 Å². The van der Waals surface area contributed by atoms with E-state index in [1.165, 1.54) is 6.07 Å². The zero-order valence-electron chi connectivity index (χ0n) is 11.4. The molecule has 2 rings (SSSR count). The highest BCUT2D eigenvalue weighted by atomic mass is 32.2. The Bertz CT molecular complexity index is 701. The lowest BCUT2D eigenvalue weighted by molar-refractivity contribution is 0.281. The van der Waals surface area contributed by atoms with E-state index in [1.807, 2.05) is 0 Å². The average Bonchev–Trinajstić information content (AvgIpc) is 2.90. The maximum atomic E-state index is 13.8. The van der Waals surface area contributed by atoms with Crippen molar-refractivity contribution in [2.24, 2.45) is 0 Å². The van der Waals surface area contributed by atoms with E-state index in [2.05, 4.69) is 9.82 Å². The molecule has 0 aliphatic carbocycles. The van der Waals surface area contributed by atoms with Gasteiger partial charge in [-0.05, 0) is 30.7 Å². The maximum Gasteiger partial charge on any atom is 0.243 e. The zero-order valence-corrected chi connectivity index (χ0v) is 12.2. The quantitative estimate of drug-likeness (QED) is 0.829. The Morgan fingerprint density at radius 2 is 2.24 bits per heavy atom. The van der Waals surface area contributed by atoms with Gasteiger partial charge in [0, 0.05) is 18.4 Å². The van der Waals surface area contributed by atoms with E-state index in [0.29, 0.717) is 12.1 Å². The Balaban J connectivity index is 2.14. The van der Waals surface area contributed by atoms with Crippen molar-refractivity contribution in [2.45, 2.75) is 31.0 Å². The molecule has 1 heterocycles. The summed E-state index contributed by atoms with van der Waals surface area (Å²) in [5, 5.41) is 12.9. The second-order valence-corrected chi connectivity index (χ2v) is 6.36. The Hall–Kier alpha value is -1.77. The second-order valence-electron chi connectivity index (χ2n) is 4.67. The summed E-state index contributed by atoms with van der Waals surface area (Å²) >= 11 is 0. The lowest BCUT2D eigenvalue weighted by atomic mass is 10.2. The van der Waals surface area contributed by atoms with Crippen LogP contribution in [0.1, 0.15) is 12.5 Å². The molecule has 114 valence electrons. The van der Waals surface area contributed by atoms with Crippen LogP contribution in [-0.2, 0) is 23.2 Å². The van der Waals surface area contributed by atoms with Crippen LogP contribution in [0.3, 0.4) is 0 Å². The Kier molecular flexibility index (Phi) is 4.71. The van der Waals surface area contributed by atoms with E-state index >= 15 is 0 Å². The minimum Gasteiger partial charge on any atom is -0.392 e. The van der Waals surface area contributed by atoms with Gasteiger partial charge in [-0.2, -0.15) is 5.10 Å². The molecule has 0 aliphatic heterocycles. The first-order valence-corrected chi connectivity index (χ1v) is 7.80. The van der Waals surface area contributed by atoms with Gasteiger partial charge in [0.1, 0.15) is 10.7 Å². The maximum absolute atomic E-state index is 13.8. The van der Waals surface area contributed by atoms with Gasteiger partial charge in [0.2, 0.25) is 10.0 Å². The number of nitrogens with zero attached hydrogens (tertiary/aromatic N) is 2. The Morgan fingerprint density at radius 3 is 2.81 bits per heavy atom. The van der Waals surface area contributed by atoms with Gasteiger partial charge in [-0.3, -0.25) is 4.68 Å². The number of halogens is 1. The van der Waals surface area contributed by atoms with Gasteiger partial charge in [-0.15, -0.1) is 0 Å². The van der Waals surface area contributed by atoms with Gasteiger partial charge >= 0.3 is 0 Å². The van der Waals surface area contributed by atoms with E-state index in [0.717, 1.165) is 12.1 Å². The van der Waals surface area contributed by atoms with E-state index in [1.54, 1.807) is 30.1 Å². The number of hydrogen-bond acceptors (Lipinski definition) is 4. The molecule has 1 aromatic heterocycles. The first-order valence-electron chi connectivity index (χ1n) is 6.31. The van der Waals surface area contributed by atoms with Gasteiger partial charge in [0.15, 0.2) is 0 Å². The highest BCUT2D eigenvalue weighted by Crippen LogP contribution is 2.16. The van der Waals surface area contributed by atoms with Crippen molar-refractivity contribution in [3.8, 4) is 0 Å². The predicted octanol–water partition coefficient (Wildman–Crippen LogP) is 0.881. The molecule has 1 aromatic carbocycles. The summed E-state index contributed by atoms with van der Waals surface area (Å²) in [6, 6.07) is 4.80. The number of aliphatic hydroxyl groups is 1. The second kappa shape index (κ2) is 6.33. The fourth-order valence-electron chi connectivity index (χ4n) is 1.92. The molecule has 1 unspecified atom stereocenters. The summed E-state index contributed by atoms with van der Waals surface area (Å²) in [5.41, 5.74) is 0.316. The van der Waals surface area contributed by atoms with E-state index in [-0.39, 0.29) is 6.61 Å². The third kappa shape index (κ3) is 3.87. The topological polar surface area (TPSA) is 84.2 Å². The smallest absolute Gasteiger partial charge is 0.243 e. The van der Waals surface area contributed by atoms with Crippen LogP contribution >= 0.6 is 0 Å². The molecule has 21 heavy (non-hydrogen) atoms. The van der Waals surface area contributed by atoms with Crippen molar-refractivity contribution < 1.29 is 17.9 Å². The first kappa shape index (κ1) is 15.6. The largest absolute Gasteiger partial charge is 0.392 e. The lowest BCUT2D eigenvalue weighted by Gasteiger charge is -2.15. The Labute approximate surface area is 122 Å². The van der Waals surface area contributed by atoms with Crippen molar-refractivity contribution in [2.75, 3.05) is 0 Å². The van der Waals surface area contributed by atoms with Crippen LogP contribution in [0.4, 0.5) is 4.39 Å². The van der Waals surface area contributed by atoms with Crippen molar-refractivity contribution >= 4 is 10.0 Å². The van der Waals surface area contributed by atoms with Crippen LogP contribution < -0.4 is 4.72 Å². The standard InChI is InChI=1S/C13H16FN3O3S/c1-10(8-17-6-2-5-15-17)16-21(19,20)13-4-3-11(9-18)7-12(13)14/h2-7,10,16,18H,8-9H2,1H3.